The molecule has 0 atom stereocenters. The van der Waals surface area contributed by atoms with E-state index >= 15 is 0 Å². The zero-order chi connectivity index (χ0) is 3.70. The van der Waals surface area contributed by atoms with E-state index in [9.17, 15) is 0 Å². The van der Waals surface area contributed by atoms with Gasteiger partial charge in [0.25, 0.3) is 0 Å². The second kappa shape index (κ2) is 3.12. The van der Waals surface area contributed by atoms with E-state index in [2.05, 4.69) is 0 Å². The molecule has 1 saturated carbocycles. The van der Waals surface area contributed by atoms with Crippen LogP contribution >= 0.6 is 0 Å². The van der Waals surface area contributed by atoms with Gasteiger partial charge in [-0.1, -0.05) is 0 Å². The number of hydrogen-bond donors (Lipinski definition) is 0. The number of ether oxygens (including phenoxy) is 1. The van der Waals surface area contributed by atoms with Crippen LogP contribution in [0, 0.1) is 6.10 Å². The first-order valence-corrected chi connectivity index (χ1v) is 1.82. The van der Waals surface area contributed by atoms with Gasteiger partial charge in [0.15, 0.2) is 0 Å². The molecule has 30 valence electrons. The largest absolute Gasteiger partial charge is 3.00 e. The summed E-state index contributed by atoms with van der Waals surface area (Å²) in [6, 6.07) is 0. The van der Waals surface area contributed by atoms with Crippen molar-refractivity contribution in [2.24, 2.45) is 0 Å². The van der Waals surface area contributed by atoms with Crippen LogP contribution in [0.2, 0.25) is 0 Å². The Kier molecular flexibility index (Phi) is 3.67. The predicted molar refractivity (Wildman–Crippen MR) is 19.5 cm³/mol. The Hall–Kier alpha value is 1.06. The smallest absolute Gasteiger partial charge is 0.551 e. The molecule has 0 unspecified atom stereocenters. The third-order valence-electron chi connectivity index (χ3n) is 0.743. The molecule has 0 amide bonds. The van der Waals surface area contributed by atoms with Crippen LogP contribution in [0.25, 0.3) is 0 Å². The maximum absolute atomic E-state index is 4.78. The minimum atomic E-state index is 0. The van der Waals surface area contributed by atoms with Crippen LogP contribution in [-0.2, 0) is 37.4 Å². The molecule has 1 rings (SSSR count). The molecule has 0 N–H and O–H groups in total. The summed E-state index contributed by atoms with van der Waals surface area (Å²) >= 11 is 0. The molecule has 1 aliphatic carbocycles. The number of rotatable bonds is 1. The maximum atomic E-state index is 4.78. The summed E-state index contributed by atoms with van der Waals surface area (Å²) in [5, 5.41) is 0. The zero-order valence-electron chi connectivity index (χ0n) is 3.90. The molecule has 0 spiro atoms. The number of hydrogen-bond acceptors (Lipinski definition) is 1. The molecule has 6 heavy (non-hydrogen) atoms. The van der Waals surface area contributed by atoms with Crippen molar-refractivity contribution in [3.8, 4) is 0 Å². The van der Waals surface area contributed by atoms with E-state index < -0.39 is 0 Å². The van der Waals surface area contributed by atoms with Crippen molar-refractivity contribution in [1.82, 2.24) is 0 Å². The van der Waals surface area contributed by atoms with E-state index in [-0.39, 0.29) is 32.7 Å². The normalized spacial score (nSPS) is 19.5. The van der Waals surface area contributed by atoms with Gasteiger partial charge in [0.2, 0.25) is 0 Å². The van der Waals surface area contributed by atoms with E-state index in [1.165, 1.54) is 18.9 Å². The summed E-state index contributed by atoms with van der Waals surface area (Å²) in [5.74, 6) is 0. The first-order chi connectivity index (χ1) is 2.43. The van der Waals surface area contributed by atoms with E-state index in [4.69, 9.17) is 4.74 Å². The summed E-state index contributed by atoms with van der Waals surface area (Å²) < 4.78 is 4.78. The molecule has 1 fully saturated rings. The Morgan fingerprint density at radius 3 is 2.00 bits per heavy atom. The van der Waals surface area contributed by atoms with Crippen molar-refractivity contribution in [2.45, 2.75) is 12.8 Å². The quantitative estimate of drug-likeness (QED) is 0.519. The molecule has 0 aromatic rings. The molecule has 2 heteroatoms. The van der Waals surface area contributed by atoms with Gasteiger partial charge in [0.1, 0.15) is 0 Å². The minimum Gasteiger partial charge on any atom is -0.551 e. The van der Waals surface area contributed by atoms with Crippen molar-refractivity contribution >= 4 is 0 Å². The van der Waals surface area contributed by atoms with Crippen LogP contribution in [0.15, 0.2) is 0 Å². The van der Waals surface area contributed by atoms with Gasteiger partial charge in [0.05, 0.1) is 0 Å². The van der Waals surface area contributed by atoms with Crippen molar-refractivity contribution in [2.75, 3.05) is 7.11 Å². The van der Waals surface area contributed by atoms with Crippen molar-refractivity contribution in [3.05, 3.63) is 6.10 Å². The minimum absolute atomic E-state index is 0. The topological polar surface area (TPSA) is 9.23 Å². The fourth-order valence-electron chi connectivity index (χ4n) is 0.255. The third-order valence-corrected chi connectivity index (χ3v) is 0.743. The summed E-state index contributed by atoms with van der Waals surface area (Å²) in [5.41, 5.74) is 0. The molecular formula is C4H7OY+2. The van der Waals surface area contributed by atoms with Gasteiger partial charge in [0, 0.05) is 0 Å². The van der Waals surface area contributed by atoms with Gasteiger partial charge in [-0.3, -0.25) is 0 Å². The molecule has 0 bridgehead atoms. The van der Waals surface area contributed by atoms with Crippen LogP contribution in [0.1, 0.15) is 12.8 Å². The Morgan fingerprint density at radius 1 is 1.50 bits per heavy atom. The second-order valence-corrected chi connectivity index (χ2v) is 1.24. The van der Waals surface area contributed by atoms with Crippen LogP contribution in [0.5, 0.6) is 0 Å². The van der Waals surface area contributed by atoms with Crippen LogP contribution in [-0.4, -0.2) is 7.11 Å². The molecule has 0 heterocycles. The molecule has 0 saturated heterocycles. The zero-order valence-corrected chi connectivity index (χ0v) is 6.74. The van der Waals surface area contributed by atoms with Crippen molar-refractivity contribution < 1.29 is 37.4 Å². The molecule has 1 aliphatic rings. The molecule has 0 aliphatic heterocycles. The SMILES string of the molecule is CO[C-]1CC1.[Y+3]. The first-order valence-electron chi connectivity index (χ1n) is 1.82. The van der Waals surface area contributed by atoms with Gasteiger partial charge in [-0.2, -0.15) is 12.8 Å². The monoisotopic (exact) mass is 160 g/mol. The Morgan fingerprint density at radius 2 is 2.00 bits per heavy atom. The fraction of sp³-hybridized carbons (Fsp3) is 0.750. The molecule has 0 aromatic heterocycles. The third kappa shape index (κ3) is 2.27. The van der Waals surface area contributed by atoms with E-state index in [1.54, 1.807) is 7.11 Å². The summed E-state index contributed by atoms with van der Waals surface area (Å²) in [7, 11) is 1.72. The molecule has 0 radical (unpaired) electrons. The van der Waals surface area contributed by atoms with Gasteiger partial charge in [-0.15, -0.1) is 0 Å². The average Bonchev–Trinajstić information content (AvgIpc) is 2.12. The summed E-state index contributed by atoms with van der Waals surface area (Å²) in [4.78, 5) is 0. The predicted octanol–water partition coefficient (Wildman–Crippen LogP) is 0.956. The molecule has 1 nitrogen and oxygen atoms in total. The molecule has 0 aromatic carbocycles. The molecular weight excluding hydrogens is 153 g/mol. The second-order valence-electron chi connectivity index (χ2n) is 1.24. The Labute approximate surface area is 63.3 Å². The fourth-order valence-corrected chi connectivity index (χ4v) is 0.255. The van der Waals surface area contributed by atoms with Gasteiger partial charge >= 0.3 is 32.7 Å². The van der Waals surface area contributed by atoms with Gasteiger partial charge in [-0.25, -0.2) is 6.10 Å². The van der Waals surface area contributed by atoms with E-state index in [0.29, 0.717) is 0 Å². The first kappa shape index (κ1) is 7.06. The summed E-state index contributed by atoms with van der Waals surface area (Å²) in [6.45, 7) is 0. The van der Waals surface area contributed by atoms with Crippen LogP contribution < -0.4 is 0 Å². The standard InChI is InChI=1S/C4H7O.Y/c1-5-4-2-3-4;/h2-3H2,1H3;/q-1;+3. The van der Waals surface area contributed by atoms with Crippen molar-refractivity contribution in [1.29, 1.82) is 0 Å². The Balaban J connectivity index is 0.000000250. The summed E-state index contributed by atoms with van der Waals surface area (Å²) in [6.07, 6.45) is 3.66. The van der Waals surface area contributed by atoms with Gasteiger partial charge in [-0.05, 0) is 7.11 Å². The van der Waals surface area contributed by atoms with Crippen LogP contribution in [0.4, 0.5) is 0 Å². The Bertz CT molecular complexity index is 34.5. The number of methoxy groups -OCH3 is 1. The van der Waals surface area contributed by atoms with Crippen LogP contribution in [0.3, 0.4) is 0 Å². The van der Waals surface area contributed by atoms with Crippen molar-refractivity contribution in [3.63, 3.8) is 0 Å². The van der Waals surface area contributed by atoms with E-state index in [0.717, 1.165) is 0 Å². The maximum Gasteiger partial charge on any atom is 3.00 e. The van der Waals surface area contributed by atoms with Gasteiger partial charge < -0.3 is 4.74 Å². The van der Waals surface area contributed by atoms with E-state index in [1.807, 2.05) is 0 Å². The average molecular weight is 160 g/mol.